The van der Waals surface area contributed by atoms with Crippen molar-refractivity contribution in [2.75, 3.05) is 13.0 Å². The number of fused-ring (bicyclic) bond motifs is 1. The van der Waals surface area contributed by atoms with Crippen LogP contribution in [0.4, 0.5) is 0 Å². The Kier molecular flexibility index (Phi) is 3.99. The molecule has 0 heterocycles. The molecule has 1 aromatic rings. The van der Waals surface area contributed by atoms with Crippen LogP contribution >= 0.6 is 11.6 Å². The van der Waals surface area contributed by atoms with Gasteiger partial charge in [0.2, 0.25) is 17.5 Å². The summed E-state index contributed by atoms with van der Waals surface area (Å²) in [5.74, 6) is -6.06. The number of alkyl halides is 1. The highest BCUT2D eigenvalue weighted by Crippen LogP contribution is 2.37. The number of carbonyl (C=O) groups is 3. The second kappa shape index (κ2) is 5.44. The fourth-order valence-electron chi connectivity index (χ4n) is 2.12. The van der Waals surface area contributed by atoms with Crippen LogP contribution in [0, 0.1) is 0 Å². The number of carbonyl (C=O) groups excluding carboxylic acids is 3. The lowest BCUT2D eigenvalue weighted by molar-refractivity contribution is -0.118. The van der Waals surface area contributed by atoms with Crippen LogP contribution in [0.15, 0.2) is 12.1 Å². The predicted molar refractivity (Wildman–Crippen MR) is 71.4 cm³/mol. The van der Waals surface area contributed by atoms with Gasteiger partial charge in [0, 0.05) is 12.1 Å². The largest absolute Gasteiger partial charge is 0.496 e. The molecule has 1 aliphatic carbocycles. The van der Waals surface area contributed by atoms with E-state index in [4.69, 9.17) is 16.3 Å². The summed E-state index contributed by atoms with van der Waals surface area (Å²) < 4.78 is 4.97. The SMILES string of the molecule is COc1ccc(CNC(=O)CCl)c2c1C(=O)C(O)(O)C2=O. The Morgan fingerprint density at radius 2 is 1.90 bits per heavy atom. The van der Waals surface area contributed by atoms with E-state index >= 15 is 0 Å². The first-order valence-corrected chi connectivity index (χ1v) is 6.45. The number of hydrogen-bond acceptors (Lipinski definition) is 6. The number of aliphatic hydroxyl groups is 2. The molecular weight excluding hydrogens is 302 g/mol. The van der Waals surface area contributed by atoms with Gasteiger partial charge in [0.15, 0.2) is 0 Å². The lowest BCUT2D eigenvalue weighted by atomic mass is 10.0. The minimum absolute atomic E-state index is 0.0562. The molecule has 0 saturated heterocycles. The number of nitrogens with one attached hydrogen (secondary N) is 1. The molecule has 8 heteroatoms. The maximum Gasteiger partial charge on any atom is 0.295 e. The molecule has 1 amide bonds. The molecule has 0 radical (unpaired) electrons. The third-order valence-corrected chi connectivity index (χ3v) is 3.40. The normalized spacial score (nSPS) is 15.8. The van der Waals surface area contributed by atoms with Gasteiger partial charge < -0.3 is 20.3 Å². The molecule has 7 nitrogen and oxygen atoms in total. The summed E-state index contributed by atoms with van der Waals surface area (Å²) in [7, 11) is 1.29. The summed E-state index contributed by atoms with van der Waals surface area (Å²) in [6, 6.07) is 2.87. The van der Waals surface area contributed by atoms with Crippen LogP contribution < -0.4 is 10.1 Å². The second-order valence-corrected chi connectivity index (χ2v) is 4.69. The number of Topliss-reactive ketones (excluding diaryl/α,β-unsaturated/α-hetero) is 2. The molecule has 0 atom stereocenters. The molecule has 3 N–H and O–H groups in total. The minimum atomic E-state index is -3.11. The quantitative estimate of drug-likeness (QED) is 0.396. The molecule has 2 rings (SSSR count). The first kappa shape index (κ1) is 15.4. The van der Waals surface area contributed by atoms with E-state index in [2.05, 4.69) is 5.32 Å². The molecule has 0 aromatic heterocycles. The van der Waals surface area contributed by atoms with Crippen LogP contribution in [-0.2, 0) is 11.3 Å². The number of hydrogen-bond donors (Lipinski definition) is 3. The first-order chi connectivity index (χ1) is 9.84. The average Bonchev–Trinajstić information content (AvgIpc) is 2.66. The number of benzene rings is 1. The number of halogens is 1. The lowest BCUT2D eigenvalue weighted by Gasteiger charge is -2.10. The van der Waals surface area contributed by atoms with Gasteiger partial charge in [-0.15, -0.1) is 11.6 Å². The Balaban J connectivity index is 2.51. The van der Waals surface area contributed by atoms with Crippen molar-refractivity contribution in [2.24, 2.45) is 0 Å². The molecule has 0 unspecified atom stereocenters. The lowest BCUT2D eigenvalue weighted by Crippen LogP contribution is -2.40. The fourth-order valence-corrected chi connectivity index (χ4v) is 2.22. The van der Waals surface area contributed by atoms with Gasteiger partial charge >= 0.3 is 0 Å². The molecule has 0 spiro atoms. The Morgan fingerprint density at radius 1 is 1.29 bits per heavy atom. The third-order valence-electron chi connectivity index (χ3n) is 3.16. The first-order valence-electron chi connectivity index (χ1n) is 5.91. The summed E-state index contributed by atoms with van der Waals surface area (Å²) in [6.45, 7) is -0.0764. The van der Waals surface area contributed by atoms with Crippen molar-refractivity contribution in [3.63, 3.8) is 0 Å². The van der Waals surface area contributed by atoms with Crippen LogP contribution in [0.2, 0.25) is 0 Å². The van der Waals surface area contributed by atoms with E-state index in [9.17, 15) is 24.6 Å². The molecule has 21 heavy (non-hydrogen) atoms. The molecular formula is C13H12ClNO6. The van der Waals surface area contributed by atoms with Crippen LogP contribution in [0.25, 0.3) is 0 Å². The molecule has 1 aliphatic rings. The number of methoxy groups -OCH3 is 1. The van der Waals surface area contributed by atoms with E-state index in [0.29, 0.717) is 0 Å². The van der Waals surface area contributed by atoms with E-state index in [0.717, 1.165) is 0 Å². The maximum atomic E-state index is 12.0. The van der Waals surface area contributed by atoms with Gasteiger partial charge in [-0.25, -0.2) is 0 Å². The standard InChI is InChI=1S/C13H12ClNO6/c1-21-7-3-2-6(5-15-8(16)4-14)9-10(7)12(18)13(19,20)11(9)17/h2-3,19-20H,4-5H2,1H3,(H,15,16). The van der Waals surface area contributed by atoms with Crippen molar-refractivity contribution in [3.05, 3.63) is 28.8 Å². The molecule has 0 saturated carbocycles. The minimum Gasteiger partial charge on any atom is -0.496 e. The molecule has 0 bridgehead atoms. The van der Waals surface area contributed by atoms with Crippen LogP contribution in [0.1, 0.15) is 26.3 Å². The van der Waals surface area contributed by atoms with E-state index in [1.54, 1.807) is 0 Å². The van der Waals surface area contributed by atoms with Gasteiger partial charge in [0.25, 0.3) is 5.79 Å². The zero-order valence-electron chi connectivity index (χ0n) is 11.0. The number of amides is 1. The highest BCUT2D eigenvalue weighted by molar-refractivity contribution is 6.32. The van der Waals surface area contributed by atoms with Crippen molar-refractivity contribution in [3.8, 4) is 5.75 Å². The number of ketones is 2. The summed E-state index contributed by atoms with van der Waals surface area (Å²) in [6.07, 6.45) is 0. The predicted octanol–water partition coefficient (Wildman–Crippen LogP) is -0.390. The zero-order chi connectivity index (χ0) is 15.8. The summed E-state index contributed by atoms with van der Waals surface area (Å²) >= 11 is 5.35. The Morgan fingerprint density at radius 3 is 2.48 bits per heavy atom. The number of rotatable bonds is 4. The number of ether oxygens (including phenoxy) is 1. The van der Waals surface area contributed by atoms with E-state index < -0.39 is 23.3 Å². The van der Waals surface area contributed by atoms with Crippen LogP contribution in [-0.4, -0.2) is 46.5 Å². The van der Waals surface area contributed by atoms with Crippen molar-refractivity contribution < 1.29 is 29.3 Å². The summed E-state index contributed by atoms with van der Waals surface area (Å²) in [4.78, 5) is 35.1. The third kappa shape index (κ3) is 2.39. The van der Waals surface area contributed by atoms with Crippen LogP contribution in [0.5, 0.6) is 5.75 Å². The Bertz CT molecular complexity index is 640. The van der Waals surface area contributed by atoms with E-state index in [1.165, 1.54) is 19.2 Å². The van der Waals surface area contributed by atoms with Crippen LogP contribution in [0.3, 0.4) is 0 Å². The Labute approximate surface area is 124 Å². The monoisotopic (exact) mass is 313 g/mol. The summed E-state index contributed by atoms with van der Waals surface area (Å²) in [5, 5.41) is 21.7. The van der Waals surface area contributed by atoms with Crippen molar-refractivity contribution in [1.82, 2.24) is 5.32 Å². The fraction of sp³-hybridized carbons (Fsp3) is 0.308. The highest BCUT2D eigenvalue weighted by Gasteiger charge is 2.53. The molecule has 1 aromatic carbocycles. The van der Waals surface area contributed by atoms with Gasteiger partial charge in [-0.05, 0) is 11.6 Å². The highest BCUT2D eigenvalue weighted by atomic mass is 35.5. The molecule has 112 valence electrons. The van der Waals surface area contributed by atoms with Gasteiger partial charge in [-0.3, -0.25) is 14.4 Å². The van der Waals surface area contributed by atoms with Gasteiger partial charge in [-0.1, -0.05) is 6.07 Å². The van der Waals surface area contributed by atoms with Crippen molar-refractivity contribution >= 4 is 29.1 Å². The van der Waals surface area contributed by atoms with Gasteiger partial charge in [-0.2, -0.15) is 0 Å². The Hall–Kier alpha value is -1.96. The zero-order valence-corrected chi connectivity index (χ0v) is 11.7. The summed E-state index contributed by atoms with van der Waals surface area (Å²) in [5.41, 5.74) is -0.100. The maximum absolute atomic E-state index is 12.0. The van der Waals surface area contributed by atoms with Crippen molar-refractivity contribution in [1.29, 1.82) is 0 Å². The molecule has 0 aliphatic heterocycles. The average molecular weight is 314 g/mol. The molecule has 0 fully saturated rings. The topological polar surface area (TPSA) is 113 Å². The van der Waals surface area contributed by atoms with Gasteiger partial charge in [0.1, 0.15) is 11.6 Å². The van der Waals surface area contributed by atoms with E-state index in [-0.39, 0.29) is 34.9 Å². The van der Waals surface area contributed by atoms with Crippen molar-refractivity contribution in [2.45, 2.75) is 12.3 Å². The second-order valence-electron chi connectivity index (χ2n) is 4.42. The van der Waals surface area contributed by atoms with E-state index in [1.807, 2.05) is 0 Å². The van der Waals surface area contributed by atoms with Gasteiger partial charge in [0.05, 0.1) is 12.7 Å². The smallest absolute Gasteiger partial charge is 0.295 e.